The maximum Gasteiger partial charge on any atom is 0.322 e. The fourth-order valence-corrected chi connectivity index (χ4v) is 1.78. The zero-order valence-corrected chi connectivity index (χ0v) is 10.4. The Kier molecular flexibility index (Phi) is 4.33. The molecular weight excluding hydrogens is 244 g/mol. The van der Waals surface area contributed by atoms with E-state index in [1.165, 1.54) is 0 Å². The summed E-state index contributed by atoms with van der Waals surface area (Å²) in [5.41, 5.74) is 0. The van der Waals surface area contributed by atoms with Crippen molar-refractivity contribution < 1.29 is 9.47 Å². The van der Waals surface area contributed by atoms with Crippen LogP contribution in [0.5, 0.6) is 6.01 Å². The third kappa shape index (κ3) is 3.67. The molecule has 6 nitrogen and oxygen atoms in total. The van der Waals surface area contributed by atoms with Gasteiger partial charge in [-0.1, -0.05) is 0 Å². The molecule has 0 spiro atoms. The van der Waals surface area contributed by atoms with E-state index in [-0.39, 0.29) is 17.3 Å². The largest absolute Gasteiger partial charge is 0.464 e. The second kappa shape index (κ2) is 5.97. The van der Waals surface area contributed by atoms with Gasteiger partial charge < -0.3 is 14.8 Å². The molecule has 1 saturated heterocycles. The Labute approximate surface area is 105 Å². The van der Waals surface area contributed by atoms with Gasteiger partial charge in [0.1, 0.15) is 0 Å². The number of hydrogen-bond donors (Lipinski definition) is 1. The highest BCUT2D eigenvalue weighted by atomic mass is 35.5. The van der Waals surface area contributed by atoms with Crippen LogP contribution >= 0.6 is 11.6 Å². The third-order valence-electron chi connectivity index (χ3n) is 2.35. The molecule has 0 saturated carbocycles. The summed E-state index contributed by atoms with van der Waals surface area (Å²) in [6, 6.07) is 0.462. The van der Waals surface area contributed by atoms with Gasteiger partial charge in [0.2, 0.25) is 11.2 Å². The van der Waals surface area contributed by atoms with Crippen LogP contribution < -0.4 is 10.1 Å². The molecular formula is C10H15ClN4O2. The van der Waals surface area contributed by atoms with Crippen molar-refractivity contribution in [1.29, 1.82) is 0 Å². The smallest absolute Gasteiger partial charge is 0.322 e. The van der Waals surface area contributed by atoms with Crippen molar-refractivity contribution in [3.8, 4) is 6.01 Å². The van der Waals surface area contributed by atoms with E-state index in [1.807, 2.05) is 6.92 Å². The fourth-order valence-electron chi connectivity index (χ4n) is 1.63. The molecule has 1 atom stereocenters. The fraction of sp³-hybridized carbons (Fsp3) is 0.700. The lowest BCUT2D eigenvalue weighted by molar-refractivity contribution is 0.0873. The van der Waals surface area contributed by atoms with Gasteiger partial charge in [-0.2, -0.15) is 15.0 Å². The van der Waals surface area contributed by atoms with E-state index in [1.54, 1.807) is 0 Å². The number of halogens is 1. The summed E-state index contributed by atoms with van der Waals surface area (Å²) in [5.74, 6) is 0.434. The van der Waals surface area contributed by atoms with Gasteiger partial charge in [-0.3, -0.25) is 0 Å². The normalized spacial score (nSPS) is 20.0. The van der Waals surface area contributed by atoms with Crippen molar-refractivity contribution in [2.75, 3.05) is 25.1 Å². The van der Waals surface area contributed by atoms with E-state index >= 15 is 0 Å². The van der Waals surface area contributed by atoms with E-state index in [0.717, 1.165) is 19.4 Å². The van der Waals surface area contributed by atoms with Crippen molar-refractivity contribution in [2.45, 2.75) is 25.8 Å². The summed E-state index contributed by atoms with van der Waals surface area (Å²) in [4.78, 5) is 12.0. The summed E-state index contributed by atoms with van der Waals surface area (Å²) in [6.45, 7) is 3.83. The van der Waals surface area contributed by atoms with E-state index in [9.17, 15) is 0 Å². The van der Waals surface area contributed by atoms with Crippen LogP contribution in [0, 0.1) is 0 Å². The average Bonchev–Trinajstić information content (AvgIpc) is 2.30. The molecule has 2 heterocycles. The molecule has 1 aliphatic rings. The average molecular weight is 259 g/mol. The van der Waals surface area contributed by atoms with Crippen LogP contribution in [-0.4, -0.2) is 40.8 Å². The van der Waals surface area contributed by atoms with Crippen molar-refractivity contribution in [2.24, 2.45) is 0 Å². The lowest BCUT2D eigenvalue weighted by Crippen LogP contribution is -2.30. The van der Waals surface area contributed by atoms with Gasteiger partial charge in [0.05, 0.1) is 19.3 Å². The maximum absolute atomic E-state index is 5.79. The van der Waals surface area contributed by atoms with E-state index in [0.29, 0.717) is 19.2 Å². The first-order chi connectivity index (χ1) is 8.28. The van der Waals surface area contributed by atoms with Crippen molar-refractivity contribution >= 4 is 17.5 Å². The first-order valence-electron chi connectivity index (χ1n) is 5.66. The number of aromatic nitrogens is 3. The number of ether oxygens (including phenoxy) is 2. The first-order valence-corrected chi connectivity index (χ1v) is 6.04. The zero-order valence-electron chi connectivity index (χ0n) is 9.65. The van der Waals surface area contributed by atoms with Crippen LogP contribution in [0.4, 0.5) is 5.95 Å². The topological polar surface area (TPSA) is 69.2 Å². The molecule has 1 aromatic rings. The Morgan fingerprint density at radius 2 is 2.35 bits per heavy atom. The number of nitrogens with one attached hydrogen (secondary N) is 1. The van der Waals surface area contributed by atoms with E-state index in [4.69, 9.17) is 21.1 Å². The monoisotopic (exact) mass is 258 g/mol. The molecule has 94 valence electrons. The van der Waals surface area contributed by atoms with Crippen LogP contribution in [-0.2, 0) is 4.74 Å². The molecule has 0 amide bonds. The Bertz CT molecular complexity index is 371. The molecule has 7 heteroatoms. The Morgan fingerprint density at radius 3 is 3.06 bits per heavy atom. The predicted molar refractivity (Wildman–Crippen MR) is 63.5 cm³/mol. The minimum atomic E-state index is 0.127. The van der Waals surface area contributed by atoms with Gasteiger partial charge in [0.15, 0.2) is 0 Å². The molecule has 17 heavy (non-hydrogen) atoms. The Hall–Kier alpha value is -1.14. The van der Waals surface area contributed by atoms with Crippen LogP contribution in [0.15, 0.2) is 0 Å². The summed E-state index contributed by atoms with van der Waals surface area (Å²) in [7, 11) is 0. The SMILES string of the molecule is CCOc1nc(Cl)nc(NC2CCCOC2)n1. The maximum atomic E-state index is 5.79. The first kappa shape index (κ1) is 12.3. The quantitative estimate of drug-likeness (QED) is 0.883. The highest BCUT2D eigenvalue weighted by Gasteiger charge is 2.15. The summed E-state index contributed by atoms with van der Waals surface area (Å²) >= 11 is 5.79. The molecule has 2 rings (SSSR count). The van der Waals surface area contributed by atoms with Crippen LogP contribution in [0.25, 0.3) is 0 Å². The lowest BCUT2D eigenvalue weighted by atomic mass is 10.1. The molecule has 1 aromatic heterocycles. The molecule has 0 aliphatic carbocycles. The minimum Gasteiger partial charge on any atom is -0.464 e. The van der Waals surface area contributed by atoms with Gasteiger partial charge in [-0.25, -0.2) is 0 Å². The third-order valence-corrected chi connectivity index (χ3v) is 2.52. The van der Waals surface area contributed by atoms with E-state index < -0.39 is 0 Å². The second-order valence-corrected chi connectivity index (χ2v) is 4.04. The zero-order chi connectivity index (χ0) is 12.1. The second-order valence-electron chi connectivity index (χ2n) is 3.70. The number of nitrogens with zero attached hydrogens (tertiary/aromatic N) is 3. The van der Waals surface area contributed by atoms with Crippen LogP contribution in [0.1, 0.15) is 19.8 Å². The lowest BCUT2D eigenvalue weighted by Gasteiger charge is -2.23. The molecule has 1 fully saturated rings. The summed E-state index contributed by atoms with van der Waals surface area (Å²) in [6.07, 6.45) is 2.07. The van der Waals surface area contributed by atoms with Crippen LogP contribution in [0.3, 0.4) is 0 Å². The highest BCUT2D eigenvalue weighted by molar-refractivity contribution is 6.28. The predicted octanol–water partition coefficient (Wildman–Crippen LogP) is 1.51. The van der Waals surface area contributed by atoms with Gasteiger partial charge in [-0.05, 0) is 31.4 Å². The molecule has 0 aromatic carbocycles. The summed E-state index contributed by atoms with van der Waals surface area (Å²) in [5, 5.41) is 3.30. The number of anilines is 1. The summed E-state index contributed by atoms with van der Waals surface area (Å²) < 4.78 is 10.6. The standard InChI is InChI=1S/C10H15ClN4O2/c1-2-17-10-14-8(11)13-9(15-10)12-7-4-3-5-16-6-7/h7H,2-6H2,1H3,(H,12,13,14,15). The Morgan fingerprint density at radius 1 is 1.47 bits per heavy atom. The Balaban J connectivity index is 2.03. The van der Waals surface area contributed by atoms with Crippen molar-refractivity contribution in [3.05, 3.63) is 5.28 Å². The molecule has 0 bridgehead atoms. The van der Waals surface area contributed by atoms with Gasteiger partial charge >= 0.3 is 6.01 Å². The van der Waals surface area contributed by atoms with Gasteiger partial charge in [-0.15, -0.1) is 0 Å². The molecule has 1 N–H and O–H groups in total. The van der Waals surface area contributed by atoms with Gasteiger partial charge in [0, 0.05) is 6.61 Å². The molecule has 0 radical (unpaired) electrons. The highest BCUT2D eigenvalue weighted by Crippen LogP contribution is 2.15. The van der Waals surface area contributed by atoms with Crippen molar-refractivity contribution in [3.63, 3.8) is 0 Å². The number of hydrogen-bond acceptors (Lipinski definition) is 6. The number of rotatable bonds is 4. The van der Waals surface area contributed by atoms with E-state index in [2.05, 4.69) is 20.3 Å². The molecule has 1 aliphatic heterocycles. The minimum absolute atomic E-state index is 0.127. The van der Waals surface area contributed by atoms with Crippen molar-refractivity contribution in [1.82, 2.24) is 15.0 Å². The van der Waals surface area contributed by atoms with Gasteiger partial charge in [0.25, 0.3) is 0 Å². The van der Waals surface area contributed by atoms with Crippen LogP contribution in [0.2, 0.25) is 5.28 Å². The molecule has 1 unspecified atom stereocenters.